The van der Waals surface area contributed by atoms with E-state index in [1.165, 1.54) is 12.1 Å². The number of aromatic amines is 2. The van der Waals surface area contributed by atoms with E-state index in [9.17, 15) is 19.5 Å². The molecule has 0 saturated heterocycles. The van der Waals surface area contributed by atoms with Gasteiger partial charge < -0.3 is 15.2 Å². The van der Waals surface area contributed by atoms with Crippen LogP contribution in [0.1, 0.15) is 15.9 Å². The summed E-state index contributed by atoms with van der Waals surface area (Å²) >= 11 is 0. The number of benzene rings is 1. The number of H-pyrrole nitrogens is 2. The van der Waals surface area contributed by atoms with Gasteiger partial charge >= 0.3 is 5.69 Å². The van der Waals surface area contributed by atoms with E-state index in [-0.39, 0.29) is 22.6 Å². The third-order valence-corrected chi connectivity index (χ3v) is 2.45. The number of amides is 1. The Morgan fingerprint density at radius 2 is 2.05 bits per heavy atom. The second kappa shape index (κ2) is 5.74. The summed E-state index contributed by atoms with van der Waals surface area (Å²) in [5.74, 6) is -1.18. The van der Waals surface area contributed by atoms with E-state index in [0.717, 1.165) is 18.5 Å². The van der Waals surface area contributed by atoms with Crippen LogP contribution in [0.2, 0.25) is 0 Å². The third-order valence-electron chi connectivity index (χ3n) is 2.45. The normalized spacial score (nSPS) is 10.7. The van der Waals surface area contributed by atoms with E-state index in [4.69, 9.17) is 5.11 Å². The Balaban J connectivity index is 2.12. The van der Waals surface area contributed by atoms with E-state index in [0.29, 0.717) is 0 Å². The molecular formula is C12H10N4O5. The molecule has 108 valence electrons. The van der Waals surface area contributed by atoms with Gasteiger partial charge in [0.25, 0.3) is 11.5 Å². The Morgan fingerprint density at radius 3 is 2.71 bits per heavy atom. The summed E-state index contributed by atoms with van der Waals surface area (Å²) in [5, 5.41) is 22.2. The SMILES string of the molecule is O=C(N/N=C/c1ccc(O)cc1O)c1c[nH]c(=O)[nH]c1=O. The van der Waals surface area contributed by atoms with Crippen molar-refractivity contribution in [3.63, 3.8) is 0 Å². The van der Waals surface area contributed by atoms with Crippen LogP contribution in [-0.2, 0) is 0 Å². The highest BCUT2D eigenvalue weighted by Crippen LogP contribution is 2.20. The monoisotopic (exact) mass is 290 g/mol. The molecule has 2 aromatic rings. The molecule has 0 aliphatic rings. The summed E-state index contributed by atoms with van der Waals surface area (Å²) in [6, 6.07) is 3.82. The third kappa shape index (κ3) is 3.35. The van der Waals surface area contributed by atoms with E-state index in [1.54, 1.807) is 0 Å². The fourth-order valence-corrected chi connectivity index (χ4v) is 1.44. The molecule has 0 saturated carbocycles. The lowest BCUT2D eigenvalue weighted by atomic mass is 10.2. The number of hydrogen-bond donors (Lipinski definition) is 5. The molecule has 9 heteroatoms. The highest BCUT2D eigenvalue weighted by Gasteiger charge is 2.09. The van der Waals surface area contributed by atoms with Crippen LogP contribution in [-0.4, -0.2) is 32.3 Å². The fourth-order valence-electron chi connectivity index (χ4n) is 1.44. The van der Waals surface area contributed by atoms with E-state index in [2.05, 4.69) is 15.5 Å². The molecular weight excluding hydrogens is 280 g/mol. The van der Waals surface area contributed by atoms with Crippen molar-refractivity contribution in [3.05, 3.63) is 56.4 Å². The summed E-state index contributed by atoms with van der Waals surface area (Å²) in [4.78, 5) is 37.8. The van der Waals surface area contributed by atoms with Crippen molar-refractivity contribution in [1.82, 2.24) is 15.4 Å². The molecule has 0 bridgehead atoms. The first-order chi connectivity index (χ1) is 9.97. The molecule has 0 atom stereocenters. The van der Waals surface area contributed by atoms with Gasteiger partial charge in [0.1, 0.15) is 17.1 Å². The predicted molar refractivity (Wildman–Crippen MR) is 72.5 cm³/mol. The molecule has 1 amide bonds. The zero-order valence-electron chi connectivity index (χ0n) is 10.5. The van der Waals surface area contributed by atoms with Crippen LogP contribution in [0.4, 0.5) is 0 Å². The van der Waals surface area contributed by atoms with E-state index >= 15 is 0 Å². The molecule has 1 aromatic carbocycles. The molecule has 9 nitrogen and oxygen atoms in total. The van der Waals surface area contributed by atoms with Crippen molar-refractivity contribution in [2.24, 2.45) is 5.10 Å². The zero-order chi connectivity index (χ0) is 15.4. The zero-order valence-corrected chi connectivity index (χ0v) is 10.5. The molecule has 2 rings (SSSR count). The number of carbonyl (C=O) groups is 1. The van der Waals surface area contributed by atoms with Crippen molar-refractivity contribution in [2.45, 2.75) is 0 Å². The van der Waals surface area contributed by atoms with Gasteiger partial charge in [-0.05, 0) is 12.1 Å². The topological polar surface area (TPSA) is 148 Å². The maximum Gasteiger partial charge on any atom is 0.325 e. The van der Waals surface area contributed by atoms with Gasteiger partial charge in [-0.25, -0.2) is 10.2 Å². The molecule has 0 aliphatic carbocycles. The lowest BCUT2D eigenvalue weighted by Gasteiger charge is -2.00. The van der Waals surface area contributed by atoms with Crippen molar-refractivity contribution in [2.75, 3.05) is 0 Å². The quantitative estimate of drug-likeness (QED) is 0.372. The molecule has 0 fully saturated rings. The fraction of sp³-hybridized carbons (Fsp3) is 0. The minimum atomic E-state index is -0.848. The van der Waals surface area contributed by atoms with Crippen LogP contribution in [0.5, 0.6) is 11.5 Å². The van der Waals surface area contributed by atoms with Crippen LogP contribution in [0.25, 0.3) is 0 Å². The van der Waals surface area contributed by atoms with Gasteiger partial charge in [-0.1, -0.05) is 0 Å². The summed E-state index contributed by atoms with van der Waals surface area (Å²) in [7, 11) is 0. The highest BCUT2D eigenvalue weighted by atomic mass is 16.3. The van der Waals surface area contributed by atoms with Gasteiger partial charge in [-0.3, -0.25) is 14.6 Å². The number of nitrogens with zero attached hydrogens (tertiary/aromatic N) is 1. The van der Waals surface area contributed by atoms with E-state index < -0.39 is 17.2 Å². The summed E-state index contributed by atoms with van der Waals surface area (Å²) in [6.07, 6.45) is 2.09. The van der Waals surface area contributed by atoms with Crippen molar-refractivity contribution in [3.8, 4) is 11.5 Å². The predicted octanol–water partition coefficient (Wildman–Crippen LogP) is -0.762. The van der Waals surface area contributed by atoms with Gasteiger partial charge in [-0.2, -0.15) is 5.10 Å². The summed E-state index contributed by atoms with van der Waals surface area (Å²) in [5.41, 5.74) is 0.424. The molecule has 0 spiro atoms. The first kappa shape index (κ1) is 14.1. The number of rotatable bonds is 3. The van der Waals surface area contributed by atoms with Crippen molar-refractivity contribution < 1.29 is 15.0 Å². The Bertz CT molecular complexity index is 821. The molecule has 1 aromatic heterocycles. The van der Waals surface area contributed by atoms with Gasteiger partial charge in [0, 0.05) is 17.8 Å². The molecule has 21 heavy (non-hydrogen) atoms. The Labute approximate surface area is 116 Å². The van der Waals surface area contributed by atoms with Crippen LogP contribution >= 0.6 is 0 Å². The second-order valence-electron chi connectivity index (χ2n) is 3.93. The first-order valence-electron chi connectivity index (χ1n) is 5.65. The largest absolute Gasteiger partial charge is 0.508 e. The molecule has 0 unspecified atom stereocenters. The van der Waals surface area contributed by atoms with Crippen LogP contribution in [0, 0.1) is 0 Å². The number of nitrogens with one attached hydrogen (secondary N) is 3. The lowest BCUT2D eigenvalue weighted by Crippen LogP contribution is -2.31. The smallest absolute Gasteiger partial charge is 0.325 e. The Kier molecular flexibility index (Phi) is 3.84. The van der Waals surface area contributed by atoms with Crippen molar-refractivity contribution >= 4 is 12.1 Å². The summed E-state index contributed by atoms with van der Waals surface area (Å²) in [6.45, 7) is 0. The number of phenolic OH excluding ortho intramolecular Hbond substituents is 2. The lowest BCUT2D eigenvalue weighted by molar-refractivity contribution is 0.0953. The Hall–Kier alpha value is -3.36. The standard InChI is InChI=1S/C12H10N4O5/c17-7-2-1-6(9(18)3-7)4-14-16-11(20)8-5-13-12(21)15-10(8)19/h1-5,17-18H,(H,16,20)(H2,13,15,19,21)/b14-4+. The number of phenols is 2. The molecule has 1 heterocycles. The minimum Gasteiger partial charge on any atom is -0.508 e. The number of hydrazone groups is 1. The summed E-state index contributed by atoms with van der Waals surface area (Å²) < 4.78 is 0. The number of aromatic hydroxyl groups is 2. The first-order valence-corrected chi connectivity index (χ1v) is 5.65. The maximum atomic E-state index is 11.6. The second-order valence-corrected chi connectivity index (χ2v) is 3.93. The minimum absolute atomic E-state index is 0.117. The van der Waals surface area contributed by atoms with Crippen LogP contribution < -0.4 is 16.7 Å². The Morgan fingerprint density at radius 1 is 1.29 bits per heavy atom. The maximum absolute atomic E-state index is 11.6. The van der Waals surface area contributed by atoms with Gasteiger partial charge in [-0.15, -0.1) is 0 Å². The highest BCUT2D eigenvalue weighted by molar-refractivity contribution is 5.94. The number of carbonyl (C=O) groups excluding carboxylic acids is 1. The average molecular weight is 290 g/mol. The molecule has 0 aliphatic heterocycles. The number of aromatic nitrogens is 2. The average Bonchev–Trinajstić information content (AvgIpc) is 2.41. The van der Waals surface area contributed by atoms with Crippen LogP contribution in [0.15, 0.2) is 39.1 Å². The van der Waals surface area contributed by atoms with E-state index in [1.807, 2.05) is 4.98 Å². The van der Waals surface area contributed by atoms with Crippen LogP contribution in [0.3, 0.4) is 0 Å². The van der Waals surface area contributed by atoms with Gasteiger partial charge in [0.2, 0.25) is 0 Å². The number of hydrogen-bond acceptors (Lipinski definition) is 6. The van der Waals surface area contributed by atoms with Gasteiger partial charge in [0.05, 0.1) is 6.21 Å². The molecule has 5 N–H and O–H groups in total. The van der Waals surface area contributed by atoms with Gasteiger partial charge in [0.15, 0.2) is 0 Å². The molecule has 0 radical (unpaired) electrons. The van der Waals surface area contributed by atoms with Crippen molar-refractivity contribution in [1.29, 1.82) is 0 Å².